The Morgan fingerprint density at radius 3 is 2.62 bits per heavy atom. The van der Waals surface area contributed by atoms with Gasteiger partial charge >= 0.3 is 6.03 Å². The molecule has 0 unspecified atom stereocenters. The Balaban J connectivity index is 1.74. The largest absolute Gasteiger partial charge is 0.373 e. The van der Waals surface area contributed by atoms with Crippen molar-refractivity contribution in [2.24, 2.45) is 0 Å². The molecular weight excluding hydrogens is 269 g/mol. The van der Waals surface area contributed by atoms with Crippen molar-refractivity contribution in [3.8, 4) is 0 Å². The van der Waals surface area contributed by atoms with Crippen LogP contribution in [0.1, 0.15) is 0 Å². The van der Waals surface area contributed by atoms with Gasteiger partial charge in [0.2, 0.25) is 0 Å². The van der Waals surface area contributed by atoms with Crippen LogP contribution in [-0.4, -0.2) is 26.2 Å². The van der Waals surface area contributed by atoms with Gasteiger partial charge in [-0.05, 0) is 30.3 Å². The summed E-state index contributed by atoms with van der Waals surface area (Å²) in [6, 6.07) is 15.4. The number of amides is 2. The number of hydrogen-bond acceptors (Lipinski definition) is 2. The van der Waals surface area contributed by atoms with Gasteiger partial charge in [-0.15, -0.1) is 0 Å². The first kappa shape index (κ1) is 14.8. The molecule has 0 aliphatic rings. The molecular formula is C16H18FN3O. The van der Waals surface area contributed by atoms with Crippen molar-refractivity contribution in [1.29, 1.82) is 0 Å². The van der Waals surface area contributed by atoms with Crippen molar-refractivity contribution in [2.75, 3.05) is 30.4 Å². The molecule has 0 radical (unpaired) electrons. The average molecular weight is 287 g/mol. The van der Waals surface area contributed by atoms with Crippen LogP contribution in [0.3, 0.4) is 0 Å². The number of rotatable bonds is 5. The molecule has 0 aliphatic heterocycles. The molecule has 0 aliphatic carbocycles. The third-order valence-corrected chi connectivity index (χ3v) is 3.01. The normalized spacial score (nSPS) is 10.0. The zero-order valence-corrected chi connectivity index (χ0v) is 11.8. The lowest BCUT2D eigenvalue weighted by Gasteiger charge is -2.19. The fourth-order valence-corrected chi connectivity index (χ4v) is 1.89. The molecule has 2 aromatic carbocycles. The third kappa shape index (κ3) is 4.80. The van der Waals surface area contributed by atoms with Gasteiger partial charge in [0, 0.05) is 31.5 Å². The molecule has 0 bridgehead atoms. The number of halogens is 1. The van der Waals surface area contributed by atoms with Gasteiger partial charge in [-0.1, -0.05) is 24.3 Å². The molecule has 21 heavy (non-hydrogen) atoms. The van der Waals surface area contributed by atoms with E-state index in [9.17, 15) is 9.18 Å². The van der Waals surface area contributed by atoms with Gasteiger partial charge in [0.05, 0.1) is 0 Å². The molecule has 110 valence electrons. The van der Waals surface area contributed by atoms with Gasteiger partial charge in [0.25, 0.3) is 0 Å². The summed E-state index contributed by atoms with van der Waals surface area (Å²) in [7, 11) is 1.96. The highest BCUT2D eigenvalue weighted by Crippen LogP contribution is 2.10. The summed E-state index contributed by atoms with van der Waals surface area (Å²) < 4.78 is 13.0. The van der Waals surface area contributed by atoms with Crippen molar-refractivity contribution in [1.82, 2.24) is 5.32 Å². The third-order valence-electron chi connectivity index (χ3n) is 3.01. The molecule has 0 fully saturated rings. The average Bonchev–Trinajstić information content (AvgIpc) is 2.48. The number of carbonyl (C=O) groups excluding carboxylic acids is 1. The summed E-state index contributed by atoms with van der Waals surface area (Å²) in [6.45, 7) is 1.17. The second kappa shape index (κ2) is 7.28. The summed E-state index contributed by atoms with van der Waals surface area (Å²) >= 11 is 0. The fraction of sp³-hybridized carbons (Fsp3) is 0.188. The Labute approximate surface area is 123 Å². The molecule has 0 saturated carbocycles. The van der Waals surface area contributed by atoms with Crippen LogP contribution < -0.4 is 15.5 Å². The van der Waals surface area contributed by atoms with E-state index in [-0.39, 0.29) is 11.8 Å². The predicted molar refractivity (Wildman–Crippen MR) is 83.1 cm³/mol. The molecule has 5 heteroatoms. The van der Waals surface area contributed by atoms with E-state index < -0.39 is 0 Å². The van der Waals surface area contributed by atoms with E-state index in [1.807, 2.05) is 42.3 Å². The molecule has 4 nitrogen and oxygen atoms in total. The first-order chi connectivity index (χ1) is 10.1. The number of para-hydroxylation sites is 1. The van der Waals surface area contributed by atoms with Gasteiger partial charge in [0.15, 0.2) is 0 Å². The molecule has 2 rings (SSSR count). The second-order valence-electron chi connectivity index (χ2n) is 4.65. The minimum Gasteiger partial charge on any atom is -0.373 e. The van der Waals surface area contributed by atoms with E-state index in [2.05, 4.69) is 10.6 Å². The molecule has 0 aromatic heterocycles. The smallest absolute Gasteiger partial charge is 0.319 e. The van der Waals surface area contributed by atoms with E-state index in [0.717, 1.165) is 5.69 Å². The lowest BCUT2D eigenvalue weighted by atomic mass is 10.3. The monoisotopic (exact) mass is 287 g/mol. The van der Waals surface area contributed by atoms with Crippen LogP contribution in [0.2, 0.25) is 0 Å². The van der Waals surface area contributed by atoms with Crippen LogP contribution in [0, 0.1) is 5.82 Å². The second-order valence-corrected chi connectivity index (χ2v) is 4.65. The molecule has 2 N–H and O–H groups in total. The standard InChI is InChI=1S/C16H18FN3O/c1-20(15-8-3-2-4-9-15)11-10-18-16(21)19-14-7-5-6-13(17)12-14/h2-9,12H,10-11H2,1H3,(H2,18,19,21). The highest BCUT2D eigenvalue weighted by molar-refractivity contribution is 5.89. The van der Waals surface area contributed by atoms with E-state index >= 15 is 0 Å². The van der Waals surface area contributed by atoms with E-state index in [1.165, 1.54) is 12.1 Å². The maximum Gasteiger partial charge on any atom is 0.319 e. The topological polar surface area (TPSA) is 44.4 Å². The minimum absolute atomic E-state index is 0.345. The highest BCUT2D eigenvalue weighted by Gasteiger charge is 2.03. The Bertz CT molecular complexity index is 589. The van der Waals surface area contributed by atoms with Gasteiger partial charge in [-0.2, -0.15) is 0 Å². The number of nitrogens with zero attached hydrogens (tertiary/aromatic N) is 1. The quantitative estimate of drug-likeness (QED) is 0.887. The highest BCUT2D eigenvalue weighted by atomic mass is 19.1. The molecule has 0 heterocycles. The van der Waals surface area contributed by atoms with Crippen molar-refractivity contribution in [3.63, 3.8) is 0 Å². The first-order valence-corrected chi connectivity index (χ1v) is 6.72. The van der Waals surface area contributed by atoms with Crippen LogP contribution >= 0.6 is 0 Å². The number of anilines is 2. The Hall–Kier alpha value is -2.56. The maximum atomic E-state index is 13.0. The van der Waals surface area contributed by atoms with Crippen LogP contribution in [-0.2, 0) is 0 Å². The molecule has 2 amide bonds. The number of benzene rings is 2. The summed E-state index contributed by atoms with van der Waals surface area (Å²) in [5.74, 6) is -0.378. The summed E-state index contributed by atoms with van der Waals surface area (Å²) in [5, 5.41) is 5.32. The Morgan fingerprint density at radius 1 is 1.14 bits per heavy atom. The van der Waals surface area contributed by atoms with Crippen molar-refractivity contribution >= 4 is 17.4 Å². The zero-order valence-electron chi connectivity index (χ0n) is 11.8. The fourth-order valence-electron chi connectivity index (χ4n) is 1.89. The minimum atomic E-state index is -0.378. The summed E-state index contributed by atoms with van der Waals surface area (Å²) in [6.07, 6.45) is 0. The Kier molecular flexibility index (Phi) is 5.15. The molecule has 0 saturated heterocycles. The van der Waals surface area contributed by atoms with Crippen molar-refractivity contribution in [3.05, 3.63) is 60.4 Å². The number of carbonyl (C=O) groups is 1. The van der Waals surface area contributed by atoms with Crippen molar-refractivity contribution < 1.29 is 9.18 Å². The summed E-state index contributed by atoms with van der Waals surface area (Å²) in [4.78, 5) is 13.7. The Morgan fingerprint density at radius 2 is 1.90 bits per heavy atom. The predicted octanol–water partition coefficient (Wildman–Crippen LogP) is 3.08. The van der Waals surface area contributed by atoms with Gasteiger partial charge < -0.3 is 15.5 Å². The molecule has 0 spiro atoms. The van der Waals surface area contributed by atoms with E-state index in [0.29, 0.717) is 18.8 Å². The van der Waals surface area contributed by atoms with Crippen LogP contribution in [0.4, 0.5) is 20.6 Å². The zero-order chi connectivity index (χ0) is 15.1. The lowest BCUT2D eigenvalue weighted by Crippen LogP contribution is -2.35. The lowest BCUT2D eigenvalue weighted by molar-refractivity contribution is 0.252. The SMILES string of the molecule is CN(CCNC(=O)Nc1cccc(F)c1)c1ccccc1. The number of hydrogen-bond donors (Lipinski definition) is 2. The molecule has 0 atom stereocenters. The van der Waals surface area contributed by atoms with Crippen LogP contribution in [0.15, 0.2) is 54.6 Å². The van der Waals surface area contributed by atoms with Crippen molar-refractivity contribution in [2.45, 2.75) is 0 Å². The van der Waals surface area contributed by atoms with E-state index in [4.69, 9.17) is 0 Å². The van der Waals surface area contributed by atoms with Crippen LogP contribution in [0.5, 0.6) is 0 Å². The number of nitrogens with one attached hydrogen (secondary N) is 2. The van der Waals surface area contributed by atoms with E-state index in [1.54, 1.807) is 12.1 Å². The molecule has 2 aromatic rings. The first-order valence-electron chi connectivity index (χ1n) is 6.72. The van der Waals surface area contributed by atoms with Gasteiger partial charge in [0.1, 0.15) is 5.82 Å². The number of urea groups is 1. The van der Waals surface area contributed by atoms with Crippen LogP contribution in [0.25, 0.3) is 0 Å². The number of likely N-dealkylation sites (N-methyl/N-ethyl adjacent to an activating group) is 1. The summed E-state index contributed by atoms with van der Waals surface area (Å²) in [5.41, 5.74) is 1.52. The van der Waals surface area contributed by atoms with Gasteiger partial charge in [-0.25, -0.2) is 9.18 Å². The maximum absolute atomic E-state index is 13.0. The van der Waals surface area contributed by atoms with Gasteiger partial charge in [-0.3, -0.25) is 0 Å².